The molecule has 1 aromatic heterocycles. The van der Waals surface area contributed by atoms with Crippen molar-refractivity contribution in [2.75, 3.05) is 7.11 Å². The first-order valence-corrected chi connectivity index (χ1v) is 6.65. The van der Waals surface area contributed by atoms with Crippen LogP contribution < -0.4 is 10.1 Å². The highest BCUT2D eigenvalue weighted by Gasteiger charge is 2.07. The summed E-state index contributed by atoms with van der Waals surface area (Å²) in [4.78, 5) is 0. The van der Waals surface area contributed by atoms with Crippen LogP contribution in [0.3, 0.4) is 0 Å². The lowest BCUT2D eigenvalue weighted by Crippen LogP contribution is -2.03. The van der Waals surface area contributed by atoms with Crippen LogP contribution in [0.4, 0.5) is 0 Å². The molecule has 0 atom stereocenters. The standard InChI is InChI=1S/C16H12ClNO3/c1-20-12-5-2-10(3-6-12)16-9-14(18-19)13-8-11(17)4-7-15(13)21-16/h2-9,19H,1H3/b18-14+. The van der Waals surface area contributed by atoms with E-state index >= 15 is 0 Å². The molecule has 0 spiro atoms. The van der Waals surface area contributed by atoms with Crippen molar-refractivity contribution in [3.8, 4) is 17.1 Å². The Kier molecular flexibility index (Phi) is 3.54. The number of halogens is 1. The van der Waals surface area contributed by atoms with Crippen molar-refractivity contribution in [2.45, 2.75) is 0 Å². The fraction of sp³-hybridized carbons (Fsp3) is 0.0625. The van der Waals surface area contributed by atoms with E-state index in [1.807, 2.05) is 24.3 Å². The van der Waals surface area contributed by atoms with E-state index in [1.165, 1.54) is 0 Å². The second kappa shape index (κ2) is 5.50. The van der Waals surface area contributed by atoms with Crippen molar-refractivity contribution < 1.29 is 14.4 Å². The first kappa shape index (κ1) is 13.5. The summed E-state index contributed by atoms with van der Waals surface area (Å²) >= 11 is 5.96. The van der Waals surface area contributed by atoms with Crippen molar-refractivity contribution in [1.29, 1.82) is 0 Å². The number of methoxy groups -OCH3 is 1. The van der Waals surface area contributed by atoms with Gasteiger partial charge in [-0.3, -0.25) is 0 Å². The number of nitrogens with zero attached hydrogens (tertiary/aromatic N) is 1. The summed E-state index contributed by atoms with van der Waals surface area (Å²) in [6, 6.07) is 14.3. The van der Waals surface area contributed by atoms with Crippen LogP contribution in [0.2, 0.25) is 5.02 Å². The maximum Gasteiger partial charge on any atom is 0.137 e. The van der Waals surface area contributed by atoms with E-state index in [4.69, 9.17) is 20.8 Å². The molecule has 0 saturated heterocycles. The van der Waals surface area contributed by atoms with E-state index in [0.717, 1.165) is 11.3 Å². The molecule has 0 unspecified atom stereocenters. The van der Waals surface area contributed by atoms with Crippen molar-refractivity contribution >= 4 is 22.6 Å². The molecule has 0 aliphatic rings. The zero-order valence-electron chi connectivity index (χ0n) is 11.2. The third kappa shape index (κ3) is 2.58. The quantitative estimate of drug-likeness (QED) is 0.574. The summed E-state index contributed by atoms with van der Waals surface area (Å²) < 4.78 is 11.0. The van der Waals surface area contributed by atoms with Crippen LogP contribution in [0.25, 0.3) is 22.3 Å². The number of benzene rings is 2. The van der Waals surface area contributed by atoms with Crippen LogP contribution in [0, 0.1) is 0 Å². The normalized spacial score (nSPS) is 11.8. The van der Waals surface area contributed by atoms with E-state index in [2.05, 4.69) is 5.16 Å². The lowest BCUT2D eigenvalue weighted by atomic mass is 10.1. The average Bonchev–Trinajstić information content (AvgIpc) is 2.54. The highest BCUT2D eigenvalue weighted by molar-refractivity contribution is 6.31. The number of hydrogen-bond donors (Lipinski definition) is 1. The lowest BCUT2D eigenvalue weighted by molar-refractivity contribution is 0.302. The Labute approximate surface area is 125 Å². The second-order valence-corrected chi connectivity index (χ2v) is 4.90. The minimum atomic E-state index is 0.407. The lowest BCUT2D eigenvalue weighted by Gasteiger charge is -2.05. The Balaban J connectivity index is 2.21. The van der Waals surface area contributed by atoms with Crippen molar-refractivity contribution in [2.24, 2.45) is 5.16 Å². The van der Waals surface area contributed by atoms with Crippen LogP contribution in [-0.4, -0.2) is 12.3 Å². The Morgan fingerprint density at radius 2 is 1.86 bits per heavy atom. The zero-order valence-corrected chi connectivity index (χ0v) is 12.0. The van der Waals surface area contributed by atoms with Gasteiger partial charge in [0.2, 0.25) is 0 Å². The topological polar surface area (TPSA) is 55.0 Å². The molecule has 1 heterocycles. The van der Waals surface area contributed by atoms with Gasteiger partial charge in [-0.25, -0.2) is 0 Å². The Hall–Kier alpha value is -2.46. The molecule has 0 radical (unpaired) electrons. The predicted octanol–water partition coefficient (Wildman–Crippen LogP) is 4.05. The van der Waals surface area contributed by atoms with Gasteiger partial charge in [0.15, 0.2) is 0 Å². The predicted molar refractivity (Wildman–Crippen MR) is 80.6 cm³/mol. The van der Waals surface area contributed by atoms with E-state index in [-0.39, 0.29) is 0 Å². The largest absolute Gasteiger partial charge is 0.497 e. The summed E-state index contributed by atoms with van der Waals surface area (Å²) in [5, 5.41) is 14.1. The molecule has 4 nitrogen and oxygen atoms in total. The molecule has 3 rings (SSSR count). The van der Waals surface area contributed by atoms with Gasteiger partial charge in [0.05, 0.1) is 7.11 Å². The average molecular weight is 302 g/mol. The molecule has 0 aliphatic heterocycles. The first-order chi connectivity index (χ1) is 10.2. The van der Waals surface area contributed by atoms with E-state index in [0.29, 0.717) is 27.1 Å². The first-order valence-electron chi connectivity index (χ1n) is 6.27. The van der Waals surface area contributed by atoms with Gasteiger partial charge < -0.3 is 14.4 Å². The molecule has 0 amide bonds. The third-order valence-electron chi connectivity index (χ3n) is 3.19. The molecule has 0 aliphatic carbocycles. The molecular formula is C16H12ClNO3. The number of ether oxygens (including phenoxy) is 1. The Bertz CT molecular complexity index is 854. The van der Waals surface area contributed by atoms with Gasteiger partial charge in [0.25, 0.3) is 0 Å². The third-order valence-corrected chi connectivity index (χ3v) is 3.42. The van der Waals surface area contributed by atoms with Gasteiger partial charge in [0.1, 0.15) is 22.5 Å². The van der Waals surface area contributed by atoms with Crippen LogP contribution in [0.1, 0.15) is 0 Å². The van der Waals surface area contributed by atoms with Crippen molar-refractivity contribution in [3.63, 3.8) is 0 Å². The number of fused-ring (bicyclic) bond motifs is 1. The molecule has 0 saturated carbocycles. The molecule has 21 heavy (non-hydrogen) atoms. The van der Waals surface area contributed by atoms with Crippen LogP contribution in [0.5, 0.6) is 5.75 Å². The molecule has 5 heteroatoms. The molecule has 0 fully saturated rings. The fourth-order valence-corrected chi connectivity index (χ4v) is 2.29. The highest BCUT2D eigenvalue weighted by Crippen LogP contribution is 2.25. The second-order valence-electron chi connectivity index (χ2n) is 4.46. The molecule has 2 aromatic carbocycles. The van der Waals surface area contributed by atoms with E-state index in [9.17, 15) is 5.21 Å². The van der Waals surface area contributed by atoms with Crippen LogP contribution >= 0.6 is 11.6 Å². The molecule has 106 valence electrons. The summed E-state index contributed by atoms with van der Waals surface area (Å²) in [6.45, 7) is 0. The van der Waals surface area contributed by atoms with Gasteiger partial charge in [-0.05, 0) is 42.5 Å². The van der Waals surface area contributed by atoms with E-state index < -0.39 is 0 Å². The highest BCUT2D eigenvalue weighted by atomic mass is 35.5. The summed E-state index contributed by atoms with van der Waals surface area (Å²) in [7, 11) is 1.61. The Morgan fingerprint density at radius 1 is 1.10 bits per heavy atom. The molecular weight excluding hydrogens is 290 g/mol. The number of rotatable bonds is 2. The number of hydrogen-bond acceptors (Lipinski definition) is 4. The molecule has 1 N–H and O–H groups in total. The summed E-state index contributed by atoms with van der Waals surface area (Å²) in [5.41, 5.74) is 1.46. The van der Waals surface area contributed by atoms with Gasteiger partial charge in [-0.15, -0.1) is 0 Å². The van der Waals surface area contributed by atoms with Crippen LogP contribution in [-0.2, 0) is 0 Å². The smallest absolute Gasteiger partial charge is 0.137 e. The molecule has 3 aromatic rings. The van der Waals surface area contributed by atoms with Gasteiger partial charge in [-0.2, -0.15) is 0 Å². The monoisotopic (exact) mass is 301 g/mol. The van der Waals surface area contributed by atoms with Crippen molar-refractivity contribution in [1.82, 2.24) is 0 Å². The minimum Gasteiger partial charge on any atom is -0.497 e. The van der Waals surface area contributed by atoms with Gasteiger partial charge in [0, 0.05) is 22.0 Å². The maximum absolute atomic E-state index is 9.20. The molecule has 0 bridgehead atoms. The van der Waals surface area contributed by atoms with Gasteiger partial charge >= 0.3 is 0 Å². The zero-order chi connectivity index (χ0) is 14.8. The summed E-state index contributed by atoms with van der Waals surface area (Å²) in [6.07, 6.45) is 0. The SMILES string of the molecule is COc1ccc(-c2c/c(=N\O)c3cc(Cl)ccc3o2)cc1. The fourth-order valence-electron chi connectivity index (χ4n) is 2.12. The minimum absolute atomic E-state index is 0.407. The Morgan fingerprint density at radius 3 is 2.52 bits per heavy atom. The van der Waals surface area contributed by atoms with E-state index in [1.54, 1.807) is 31.4 Å². The maximum atomic E-state index is 9.20. The summed E-state index contributed by atoms with van der Waals surface area (Å²) in [5.74, 6) is 1.36. The van der Waals surface area contributed by atoms with Gasteiger partial charge in [-0.1, -0.05) is 16.8 Å². The van der Waals surface area contributed by atoms with Crippen LogP contribution in [0.15, 0.2) is 58.1 Å². The van der Waals surface area contributed by atoms with Crippen molar-refractivity contribution in [3.05, 3.63) is 58.9 Å².